The number of rotatable bonds is 4. The number of methoxy groups -OCH3 is 1. The molecular weight excluding hydrogens is 464 g/mol. The Morgan fingerprint density at radius 2 is 1.90 bits per heavy atom. The quantitative estimate of drug-likeness (QED) is 0.614. The van der Waals surface area contributed by atoms with Crippen LogP contribution >= 0.6 is 15.9 Å². The Labute approximate surface area is 186 Å². The van der Waals surface area contributed by atoms with Gasteiger partial charge in [-0.3, -0.25) is 14.7 Å². The van der Waals surface area contributed by atoms with E-state index in [1.165, 1.54) is 4.90 Å². The summed E-state index contributed by atoms with van der Waals surface area (Å²) < 4.78 is 8.23. The molecule has 5 rings (SSSR count). The molecular formula is C21H19BrN6O3. The van der Waals surface area contributed by atoms with Crippen LogP contribution in [0.4, 0.5) is 10.7 Å². The number of hydrogen-bond donors (Lipinski definition) is 1. The van der Waals surface area contributed by atoms with E-state index in [1.54, 1.807) is 14.2 Å². The molecule has 1 aromatic heterocycles. The van der Waals surface area contributed by atoms with Crippen molar-refractivity contribution in [3.63, 3.8) is 0 Å². The number of benzene rings is 2. The fraction of sp³-hybridized carbons (Fsp3) is 0.238. The fourth-order valence-electron chi connectivity index (χ4n) is 4.19. The minimum Gasteiger partial charge on any atom is -0.496 e. The van der Waals surface area contributed by atoms with Crippen molar-refractivity contribution < 1.29 is 14.3 Å². The van der Waals surface area contributed by atoms with Crippen LogP contribution in [0.15, 0.2) is 53.0 Å². The second-order valence-corrected chi connectivity index (χ2v) is 8.33. The van der Waals surface area contributed by atoms with Gasteiger partial charge in [-0.2, -0.15) is 0 Å². The van der Waals surface area contributed by atoms with Gasteiger partial charge in [0, 0.05) is 18.1 Å². The first-order chi connectivity index (χ1) is 15.0. The number of fused-ring (bicyclic) bond motifs is 3. The van der Waals surface area contributed by atoms with E-state index in [0.29, 0.717) is 29.6 Å². The van der Waals surface area contributed by atoms with Crippen LogP contribution in [-0.4, -0.2) is 51.8 Å². The molecule has 31 heavy (non-hydrogen) atoms. The third-order valence-corrected chi connectivity index (χ3v) is 6.12. The second kappa shape index (κ2) is 7.38. The highest BCUT2D eigenvalue weighted by atomic mass is 79.9. The fourth-order valence-corrected chi connectivity index (χ4v) is 4.55. The maximum atomic E-state index is 12.9. The van der Waals surface area contributed by atoms with E-state index < -0.39 is 18.2 Å². The lowest BCUT2D eigenvalue weighted by atomic mass is 10.1. The first-order valence-corrected chi connectivity index (χ1v) is 10.5. The van der Waals surface area contributed by atoms with Gasteiger partial charge in [0.15, 0.2) is 11.9 Å². The smallest absolute Gasteiger partial charge is 0.325 e. The molecule has 2 aliphatic rings. The molecule has 0 aliphatic carbocycles. The van der Waals surface area contributed by atoms with Crippen molar-refractivity contribution in [1.29, 1.82) is 0 Å². The molecule has 0 bridgehead atoms. The standard InChI is InChI=1S/C21H19BrN6O3/c1-26-19-16(18(29)23-21(26)30)27(11-12-6-4-3-5-7-12)20-25-24-17(28(19)20)14-10-13(22)8-9-15(14)31-2/h3-10,16,19H,11H2,1-2H3,(H,23,29,30). The molecule has 2 aliphatic heterocycles. The molecule has 0 saturated carbocycles. The Morgan fingerprint density at radius 3 is 2.65 bits per heavy atom. The highest BCUT2D eigenvalue weighted by Crippen LogP contribution is 2.43. The zero-order chi connectivity index (χ0) is 21.7. The highest BCUT2D eigenvalue weighted by Gasteiger charge is 2.52. The van der Waals surface area contributed by atoms with Gasteiger partial charge in [0.1, 0.15) is 11.9 Å². The van der Waals surface area contributed by atoms with Gasteiger partial charge in [0.2, 0.25) is 5.95 Å². The monoisotopic (exact) mass is 482 g/mol. The third kappa shape index (κ3) is 3.05. The third-order valence-electron chi connectivity index (χ3n) is 5.63. The number of halogens is 1. The molecule has 2 unspecified atom stereocenters. The van der Waals surface area contributed by atoms with E-state index in [0.717, 1.165) is 10.0 Å². The molecule has 3 aromatic rings. The summed E-state index contributed by atoms with van der Waals surface area (Å²) in [5.74, 6) is 1.30. The lowest BCUT2D eigenvalue weighted by Gasteiger charge is -2.37. The van der Waals surface area contributed by atoms with Crippen LogP contribution in [0.5, 0.6) is 5.75 Å². The van der Waals surface area contributed by atoms with Gasteiger partial charge < -0.3 is 14.5 Å². The van der Waals surface area contributed by atoms with Crippen LogP contribution in [0.3, 0.4) is 0 Å². The maximum absolute atomic E-state index is 12.9. The molecule has 9 nitrogen and oxygen atoms in total. The Hall–Kier alpha value is -3.40. The minimum absolute atomic E-state index is 0.360. The average Bonchev–Trinajstić information content (AvgIpc) is 3.32. The number of hydrogen-bond acceptors (Lipinski definition) is 6. The first-order valence-electron chi connectivity index (χ1n) is 9.66. The van der Waals surface area contributed by atoms with Gasteiger partial charge >= 0.3 is 6.03 Å². The second-order valence-electron chi connectivity index (χ2n) is 7.42. The number of anilines is 1. The Balaban J connectivity index is 1.68. The number of urea groups is 1. The van der Waals surface area contributed by atoms with Crippen molar-refractivity contribution in [1.82, 2.24) is 25.0 Å². The van der Waals surface area contributed by atoms with E-state index in [-0.39, 0.29) is 5.91 Å². The Kier molecular flexibility index (Phi) is 4.66. The van der Waals surface area contributed by atoms with Gasteiger partial charge in [-0.25, -0.2) is 4.79 Å². The minimum atomic E-state index is -0.634. The van der Waals surface area contributed by atoms with Crippen LogP contribution in [0.25, 0.3) is 11.4 Å². The zero-order valence-corrected chi connectivity index (χ0v) is 18.4. The van der Waals surface area contributed by atoms with E-state index in [4.69, 9.17) is 4.74 Å². The summed E-state index contributed by atoms with van der Waals surface area (Å²) in [5.41, 5.74) is 1.73. The van der Waals surface area contributed by atoms with Gasteiger partial charge in [0.25, 0.3) is 5.91 Å². The van der Waals surface area contributed by atoms with Crippen molar-refractivity contribution in [2.45, 2.75) is 18.8 Å². The molecule has 0 radical (unpaired) electrons. The number of nitrogens with one attached hydrogen (secondary N) is 1. The van der Waals surface area contributed by atoms with E-state index in [2.05, 4.69) is 31.4 Å². The first kappa shape index (κ1) is 19.6. The molecule has 10 heteroatoms. The molecule has 0 spiro atoms. The summed E-state index contributed by atoms with van der Waals surface area (Å²) in [6, 6.07) is 14.3. The van der Waals surface area contributed by atoms with Crippen LogP contribution in [0.2, 0.25) is 0 Å². The molecule has 1 fully saturated rings. The lowest BCUT2D eigenvalue weighted by Crippen LogP contribution is -2.61. The molecule has 1 saturated heterocycles. The maximum Gasteiger partial charge on any atom is 0.325 e. The number of carbonyl (C=O) groups excluding carboxylic acids is 2. The predicted octanol–water partition coefficient (Wildman–Crippen LogP) is 2.79. The predicted molar refractivity (Wildman–Crippen MR) is 116 cm³/mol. The summed E-state index contributed by atoms with van der Waals surface area (Å²) >= 11 is 3.50. The van der Waals surface area contributed by atoms with Crippen LogP contribution in [-0.2, 0) is 11.3 Å². The lowest BCUT2D eigenvalue weighted by molar-refractivity contribution is -0.124. The molecule has 2 aromatic carbocycles. The van der Waals surface area contributed by atoms with Crippen LogP contribution in [0, 0.1) is 0 Å². The van der Waals surface area contributed by atoms with Gasteiger partial charge in [-0.1, -0.05) is 46.3 Å². The summed E-state index contributed by atoms with van der Waals surface area (Å²) in [5, 5.41) is 11.3. The number of carbonyl (C=O) groups is 2. The zero-order valence-electron chi connectivity index (χ0n) is 16.8. The van der Waals surface area contributed by atoms with Crippen LogP contribution in [0.1, 0.15) is 11.7 Å². The van der Waals surface area contributed by atoms with Crippen molar-refractivity contribution in [3.05, 3.63) is 58.6 Å². The normalized spacial score (nSPS) is 19.8. The van der Waals surface area contributed by atoms with Crippen molar-refractivity contribution in [3.8, 4) is 17.1 Å². The molecule has 3 amide bonds. The SMILES string of the molecule is COc1ccc(Br)cc1-c1nnc2n1C1C(C(=O)NC(=O)N1C)N2Cc1ccccc1. The number of ether oxygens (including phenoxy) is 1. The Morgan fingerprint density at radius 1 is 1.13 bits per heavy atom. The average molecular weight is 483 g/mol. The number of imide groups is 1. The number of nitrogens with zero attached hydrogens (tertiary/aromatic N) is 5. The number of aromatic nitrogens is 3. The van der Waals surface area contributed by atoms with E-state index >= 15 is 0 Å². The van der Waals surface area contributed by atoms with Gasteiger partial charge in [0.05, 0.1) is 12.7 Å². The van der Waals surface area contributed by atoms with E-state index in [9.17, 15) is 9.59 Å². The number of amides is 3. The summed E-state index contributed by atoms with van der Waals surface area (Å²) in [6.07, 6.45) is -0.589. The van der Waals surface area contributed by atoms with Crippen molar-refractivity contribution in [2.24, 2.45) is 0 Å². The molecule has 3 heterocycles. The molecule has 2 atom stereocenters. The van der Waals surface area contributed by atoms with Crippen molar-refractivity contribution >= 4 is 33.8 Å². The van der Waals surface area contributed by atoms with Gasteiger partial charge in [-0.05, 0) is 23.8 Å². The Bertz CT molecular complexity index is 1180. The molecule has 158 valence electrons. The summed E-state index contributed by atoms with van der Waals surface area (Å²) in [6.45, 7) is 0.450. The number of likely N-dealkylation sites (N-methyl/N-ethyl adjacent to an activating group) is 1. The summed E-state index contributed by atoms with van der Waals surface area (Å²) in [7, 11) is 3.25. The topological polar surface area (TPSA) is 92.6 Å². The molecule has 1 N–H and O–H groups in total. The van der Waals surface area contributed by atoms with Crippen LogP contribution < -0.4 is 15.0 Å². The van der Waals surface area contributed by atoms with Crippen molar-refractivity contribution in [2.75, 3.05) is 19.1 Å². The largest absolute Gasteiger partial charge is 0.496 e. The van der Waals surface area contributed by atoms with E-state index in [1.807, 2.05) is 58.0 Å². The summed E-state index contributed by atoms with van der Waals surface area (Å²) in [4.78, 5) is 28.8. The van der Waals surface area contributed by atoms with Gasteiger partial charge in [-0.15, -0.1) is 10.2 Å². The highest BCUT2D eigenvalue weighted by molar-refractivity contribution is 9.10.